The molecule has 2 rings (SSSR count). The maximum atomic E-state index is 11.8. The molecule has 0 bridgehead atoms. The Balaban J connectivity index is 2.05. The van der Waals surface area contributed by atoms with E-state index in [1.165, 1.54) is 0 Å². The minimum Gasteiger partial charge on any atom is -0.464 e. The average molecular weight is 290 g/mol. The van der Waals surface area contributed by atoms with Crippen molar-refractivity contribution in [2.45, 2.75) is 27.2 Å². The Kier molecular flexibility index (Phi) is 4.47. The standard InChI is InChI=1S/C15H18N2O4/c1-4-20-15(19)17-16-13(18)7-11-8-21-14-10(3)9(2)5-6-12(11)14/h5-6,8H,4,7H2,1-3H3,(H,16,18)(H,17,19). The summed E-state index contributed by atoms with van der Waals surface area (Å²) in [5.74, 6) is -0.344. The monoisotopic (exact) mass is 290 g/mol. The highest BCUT2D eigenvalue weighted by molar-refractivity contribution is 5.90. The molecule has 0 aliphatic rings. The number of ether oxygens (including phenoxy) is 1. The zero-order valence-corrected chi connectivity index (χ0v) is 12.3. The van der Waals surface area contributed by atoms with Gasteiger partial charge < -0.3 is 9.15 Å². The summed E-state index contributed by atoms with van der Waals surface area (Å²) in [6, 6.07) is 3.92. The Labute approximate surface area is 122 Å². The first-order valence-electron chi connectivity index (χ1n) is 6.70. The highest BCUT2D eigenvalue weighted by Gasteiger charge is 2.13. The third-order valence-corrected chi connectivity index (χ3v) is 3.27. The molecule has 0 atom stereocenters. The van der Waals surface area contributed by atoms with E-state index >= 15 is 0 Å². The van der Waals surface area contributed by atoms with Crippen LogP contribution in [0, 0.1) is 13.8 Å². The fourth-order valence-electron chi connectivity index (χ4n) is 2.03. The number of benzene rings is 1. The molecule has 0 saturated carbocycles. The summed E-state index contributed by atoms with van der Waals surface area (Å²) >= 11 is 0. The van der Waals surface area contributed by atoms with Crippen molar-refractivity contribution in [2.75, 3.05) is 6.61 Å². The van der Waals surface area contributed by atoms with Gasteiger partial charge in [-0.05, 0) is 31.9 Å². The van der Waals surface area contributed by atoms with Crippen LogP contribution in [-0.2, 0) is 16.0 Å². The number of furan rings is 1. The van der Waals surface area contributed by atoms with E-state index in [4.69, 9.17) is 4.42 Å². The largest absolute Gasteiger partial charge is 0.464 e. The lowest BCUT2D eigenvalue weighted by molar-refractivity contribution is -0.121. The molecule has 1 aromatic carbocycles. The predicted molar refractivity (Wildman–Crippen MR) is 77.7 cm³/mol. The average Bonchev–Trinajstić information content (AvgIpc) is 2.85. The molecule has 2 amide bonds. The molecule has 0 radical (unpaired) electrons. The van der Waals surface area contributed by atoms with Crippen LogP contribution in [0.4, 0.5) is 4.79 Å². The van der Waals surface area contributed by atoms with Crippen molar-refractivity contribution in [3.05, 3.63) is 35.1 Å². The van der Waals surface area contributed by atoms with Crippen LogP contribution in [0.5, 0.6) is 0 Å². The zero-order chi connectivity index (χ0) is 15.4. The Morgan fingerprint density at radius 2 is 2.00 bits per heavy atom. The molecule has 1 aromatic heterocycles. The number of carbonyl (C=O) groups is 2. The van der Waals surface area contributed by atoms with Gasteiger partial charge in [-0.3, -0.25) is 10.2 Å². The van der Waals surface area contributed by atoms with Crippen LogP contribution in [0.3, 0.4) is 0 Å². The quantitative estimate of drug-likeness (QED) is 0.850. The first-order valence-corrected chi connectivity index (χ1v) is 6.70. The van der Waals surface area contributed by atoms with Crippen LogP contribution < -0.4 is 10.9 Å². The number of hydrogen-bond donors (Lipinski definition) is 2. The van der Waals surface area contributed by atoms with Gasteiger partial charge in [0.1, 0.15) is 5.58 Å². The van der Waals surface area contributed by atoms with E-state index < -0.39 is 6.09 Å². The first-order chi connectivity index (χ1) is 10.0. The van der Waals surface area contributed by atoms with Crippen molar-refractivity contribution in [1.82, 2.24) is 10.9 Å². The molecule has 0 spiro atoms. The minimum absolute atomic E-state index is 0.113. The molecule has 21 heavy (non-hydrogen) atoms. The number of hydrazine groups is 1. The van der Waals surface area contributed by atoms with Gasteiger partial charge in [0, 0.05) is 10.9 Å². The fraction of sp³-hybridized carbons (Fsp3) is 0.333. The molecule has 1 heterocycles. The van der Waals surface area contributed by atoms with Crippen LogP contribution in [-0.4, -0.2) is 18.6 Å². The summed E-state index contributed by atoms with van der Waals surface area (Å²) in [5.41, 5.74) is 8.22. The van der Waals surface area contributed by atoms with Crippen molar-refractivity contribution in [2.24, 2.45) is 0 Å². The molecule has 0 fully saturated rings. The molecular weight excluding hydrogens is 272 g/mol. The molecule has 0 unspecified atom stereocenters. The third-order valence-electron chi connectivity index (χ3n) is 3.27. The van der Waals surface area contributed by atoms with Crippen LogP contribution in [0.1, 0.15) is 23.6 Å². The van der Waals surface area contributed by atoms with Gasteiger partial charge in [0.25, 0.3) is 0 Å². The topological polar surface area (TPSA) is 80.6 Å². The second kappa shape index (κ2) is 6.30. The summed E-state index contributed by atoms with van der Waals surface area (Å²) in [6.07, 6.45) is 0.998. The van der Waals surface area contributed by atoms with Gasteiger partial charge in [0.05, 0.1) is 19.3 Å². The summed E-state index contributed by atoms with van der Waals surface area (Å²) < 4.78 is 10.2. The molecule has 0 saturated heterocycles. The number of amides is 2. The maximum absolute atomic E-state index is 11.8. The number of fused-ring (bicyclic) bond motifs is 1. The van der Waals surface area contributed by atoms with E-state index in [1.807, 2.05) is 26.0 Å². The minimum atomic E-state index is -0.686. The SMILES string of the molecule is CCOC(=O)NNC(=O)Cc1coc2c(C)c(C)ccc12. The molecule has 2 aromatic rings. The van der Waals surface area contributed by atoms with Gasteiger partial charge in [-0.1, -0.05) is 12.1 Å². The van der Waals surface area contributed by atoms with E-state index in [-0.39, 0.29) is 18.9 Å². The van der Waals surface area contributed by atoms with E-state index in [0.717, 1.165) is 27.7 Å². The number of aryl methyl sites for hydroxylation is 2. The van der Waals surface area contributed by atoms with Crippen molar-refractivity contribution >= 4 is 23.0 Å². The van der Waals surface area contributed by atoms with Gasteiger partial charge in [-0.25, -0.2) is 10.2 Å². The third kappa shape index (κ3) is 3.34. The molecule has 0 aliphatic heterocycles. The van der Waals surface area contributed by atoms with Gasteiger partial charge in [-0.2, -0.15) is 0 Å². The van der Waals surface area contributed by atoms with E-state index in [1.54, 1.807) is 13.2 Å². The maximum Gasteiger partial charge on any atom is 0.426 e. The van der Waals surface area contributed by atoms with Crippen molar-refractivity contribution in [1.29, 1.82) is 0 Å². The van der Waals surface area contributed by atoms with Gasteiger partial charge in [0.15, 0.2) is 0 Å². The lowest BCUT2D eigenvalue weighted by Crippen LogP contribution is -2.42. The smallest absolute Gasteiger partial charge is 0.426 e. The zero-order valence-electron chi connectivity index (χ0n) is 12.3. The van der Waals surface area contributed by atoms with Crippen molar-refractivity contribution in [3.8, 4) is 0 Å². The summed E-state index contributed by atoms with van der Waals surface area (Å²) in [6.45, 7) is 5.91. The Hall–Kier alpha value is -2.50. The molecule has 6 nitrogen and oxygen atoms in total. The van der Waals surface area contributed by atoms with Crippen molar-refractivity contribution in [3.63, 3.8) is 0 Å². The van der Waals surface area contributed by atoms with Gasteiger partial charge in [-0.15, -0.1) is 0 Å². The summed E-state index contributed by atoms with van der Waals surface area (Å²) in [5, 5.41) is 0.907. The van der Waals surface area contributed by atoms with Crippen LogP contribution in [0.25, 0.3) is 11.0 Å². The first kappa shape index (κ1) is 14.9. The highest BCUT2D eigenvalue weighted by atomic mass is 16.5. The van der Waals surface area contributed by atoms with E-state index in [9.17, 15) is 9.59 Å². The molecule has 6 heteroatoms. The van der Waals surface area contributed by atoms with Gasteiger partial charge in [0.2, 0.25) is 5.91 Å². The Morgan fingerprint density at radius 1 is 1.24 bits per heavy atom. The molecule has 112 valence electrons. The number of nitrogens with one attached hydrogen (secondary N) is 2. The highest BCUT2D eigenvalue weighted by Crippen LogP contribution is 2.26. The lowest BCUT2D eigenvalue weighted by atomic mass is 10.0. The summed E-state index contributed by atoms with van der Waals surface area (Å²) in [4.78, 5) is 22.9. The van der Waals surface area contributed by atoms with Crippen molar-refractivity contribution < 1.29 is 18.7 Å². The number of carbonyl (C=O) groups excluding carboxylic acids is 2. The normalized spacial score (nSPS) is 10.4. The Morgan fingerprint density at radius 3 is 2.71 bits per heavy atom. The lowest BCUT2D eigenvalue weighted by Gasteiger charge is -2.06. The Bertz CT molecular complexity index is 676. The fourth-order valence-corrected chi connectivity index (χ4v) is 2.03. The number of rotatable bonds is 3. The second-order valence-electron chi connectivity index (χ2n) is 4.72. The second-order valence-corrected chi connectivity index (χ2v) is 4.72. The van der Waals surface area contributed by atoms with Gasteiger partial charge >= 0.3 is 6.09 Å². The molecular formula is C15H18N2O4. The number of hydrogen-bond acceptors (Lipinski definition) is 4. The van der Waals surface area contributed by atoms with Crippen LogP contribution in [0.2, 0.25) is 0 Å². The molecule has 0 aliphatic carbocycles. The van der Waals surface area contributed by atoms with Crippen LogP contribution in [0.15, 0.2) is 22.8 Å². The van der Waals surface area contributed by atoms with E-state index in [0.29, 0.717) is 0 Å². The predicted octanol–water partition coefficient (Wildman–Crippen LogP) is 2.37. The summed E-state index contributed by atoms with van der Waals surface area (Å²) in [7, 11) is 0. The molecule has 2 N–H and O–H groups in total. The van der Waals surface area contributed by atoms with E-state index in [2.05, 4.69) is 15.6 Å². The van der Waals surface area contributed by atoms with Crippen LogP contribution >= 0.6 is 0 Å².